The van der Waals surface area contributed by atoms with E-state index < -0.39 is 0 Å². The Bertz CT molecular complexity index is 486. The van der Waals surface area contributed by atoms with Gasteiger partial charge in [0.25, 0.3) is 0 Å². The first-order chi connectivity index (χ1) is 8.43. The molecule has 1 aliphatic rings. The number of hydrogen-bond donors (Lipinski definition) is 2. The molecule has 0 atom stereocenters. The fraction of sp³-hybridized carbons (Fsp3) is 0.467. The molecule has 98 valence electrons. The molecule has 1 saturated carbocycles. The molecule has 1 aliphatic carbocycles. The number of aromatic nitrogens is 1. The van der Waals surface area contributed by atoms with Crippen molar-refractivity contribution in [2.45, 2.75) is 38.1 Å². The van der Waals surface area contributed by atoms with Gasteiger partial charge in [-0.15, -0.1) is 12.4 Å². The molecule has 1 aromatic carbocycles. The number of H-pyrrole nitrogens is 1. The van der Waals surface area contributed by atoms with Crippen LogP contribution < -0.4 is 5.32 Å². The van der Waals surface area contributed by atoms with Crippen molar-refractivity contribution in [2.24, 2.45) is 0 Å². The van der Waals surface area contributed by atoms with Gasteiger partial charge in [-0.05, 0) is 37.4 Å². The number of rotatable bonds is 4. The SMILES string of the molecule is Cl.c1ccc2c(CCNC3CCCC3)c[nH]c2c1. The summed E-state index contributed by atoms with van der Waals surface area (Å²) < 4.78 is 0. The van der Waals surface area contributed by atoms with Crippen molar-refractivity contribution in [1.29, 1.82) is 0 Å². The second-order valence-corrected chi connectivity index (χ2v) is 5.05. The van der Waals surface area contributed by atoms with E-state index >= 15 is 0 Å². The lowest BCUT2D eigenvalue weighted by atomic mass is 10.1. The number of para-hydroxylation sites is 1. The topological polar surface area (TPSA) is 27.8 Å². The zero-order valence-electron chi connectivity index (χ0n) is 10.6. The number of fused-ring (bicyclic) bond motifs is 1. The van der Waals surface area contributed by atoms with E-state index in [1.807, 2.05) is 0 Å². The molecule has 0 saturated heterocycles. The first-order valence-electron chi connectivity index (χ1n) is 6.72. The van der Waals surface area contributed by atoms with E-state index in [1.54, 1.807) is 0 Å². The molecule has 0 aliphatic heterocycles. The van der Waals surface area contributed by atoms with Gasteiger partial charge in [0.15, 0.2) is 0 Å². The Morgan fingerprint density at radius 3 is 2.78 bits per heavy atom. The zero-order chi connectivity index (χ0) is 11.5. The van der Waals surface area contributed by atoms with Crippen LogP contribution in [-0.4, -0.2) is 17.6 Å². The molecule has 0 unspecified atom stereocenters. The monoisotopic (exact) mass is 264 g/mol. The molecule has 2 N–H and O–H groups in total. The maximum absolute atomic E-state index is 3.67. The summed E-state index contributed by atoms with van der Waals surface area (Å²) in [6.07, 6.45) is 8.83. The van der Waals surface area contributed by atoms with E-state index in [4.69, 9.17) is 0 Å². The average Bonchev–Trinajstić information content (AvgIpc) is 2.99. The summed E-state index contributed by atoms with van der Waals surface area (Å²) in [6.45, 7) is 1.10. The zero-order valence-corrected chi connectivity index (χ0v) is 11.4. The lowest BCUT2D eigenvalue weighted by Crippen LogP contribution is -2.27. The van der Waals surface area contributed by atoms with Gasteiger partial charge in [0, 0.05) is 23.1 Å². The normalized spacial score (nSPS) is 16.0. The summed E-state index contributed by atoms with van der Waals surface area (Å²) in [4.78, 5) is 3.34. The Balaban J connectivity index is 0.00000120. The van der Waals surface area contributed by atoms with Gasteiger partial charge in [-0.1, -0.05) is 31.0 Å². The molecule has 18 heavy (non-hydrogen) atoms. The standard InChI is InChI=1S/C15H20N2.ClH/c1-2-6-13(5-1)16-10-9-12-11-17-15-8-4-3-7-14(12)15;/h3-4,7-8,11,13,16-17H,1-2,5-6,9-10H2;1H. The molecule has 0 radical (unpaired) electrons. The van der Waals surface area contributed by atoms with Crippen LogP contribution >= 0.6 is 12.4 Å². The van der Waals surface area contributed by atoms with Gasteiger partial charge in [-0.2, -0.15) is 0 Å². The largest absolute Gasteiger partial charge is 0.361 e. The quantitative estimate of drug-likeness (QED) is 0.867. The van der Waals surface area contributed by atoms with E-state index in [-0.39, 0.29) is 12.4 Å². The second-order valence-electron chi connectivity index (χ2n) is 5.05. The fourth-order valence-electron chi connectivity index (χ4n) is 2.88. The van der Waals surface area contributed by atoms with E-state index in [0.717, 1.165) is 19.0 Å². The summed E-state index contributed by atoms with van der Waals surface area (Å²) in [7, 11) is 0. The van der Waals surface area contributed by atoms with Crippen LogP contribution in [0.3, 0.4) is 0 Å². The highest BCUT2D eigenvalue weighted by molar-refractivity contribution is 5.85. The number of benzene rings is 1. The molecule has 1 aromatic heterocycles. The van der Waals surface area contributed by atoms with Crippen molar-refractivity contribution in [3.05, 3.63) is 36.0 Å². The molecule has 2 nitrogen and oxygen atoms in total. The van der Waals surface area contributed by atoms with Crippen molar-refractivity contribution in [1.82, 2.24) is 10.3 Å². The van der Waals surface area contributed by atoms with Crippen molar-refractivity contribution in [3.63, 3.8) is 0 Å². The highest BCUT2D eigenvalue weighted by Gasteiger charge is 2.13. The molecule has 1 heterocycles. The first-order valence-corrected chi connectivity index (χ1v) is 6.72. The molecule has 2 aromatic rings. The predicted molar refractivity (Wildman–Crippen MR) is 79.5 cm³/mol. The molecule has 0 bridgehead atoms. The van der Waals surface area contributed by atoms with Crippen molar-refractivity contribution < 1.29 is 0 Å². The molecule has 0 spiro atoms. The highest BCUT2D eigenvalue weighted by atomic mass is 35.5. The van der Waals surface area contributed by atoms with E-state index in [2.05, 4.69) is 40.8 Å². The molecular formula is C15H21ClN2. The summed E-state index contributed by atoms with van der Waals surface area (Å²) in [5.74, 6) is 0. The Hall–Kier alpha value is -0.990. The minimum Gasteiger partial charge on any atom is -0.361 e. The highest BCUT2D eigenvalue weighted by Crippen LogP contribution is 2.19. The van der Waals surface area contributed by atoms with Crippen LogP contribution in [0.4, 0.5) is 0 Å². The van der Waals surface area contributed by atoms with Gasteiger partial charge in [-0.3, -0.25) is 0 Å². The minimum absolute atomic E-state index is 0. The van der Waals surface area contributed by atoms with Crippen LogP contribution in [0.5, 0.6) is 0 Å². The third-order valence-corrected chi connectivity index (χ3v) is 3.86. The van der Waals surface area contributed by atoms with Crippen molar-refractivity contribution in [3.8, 4) is 0 Å². The summed E-state index contributed by atoms with van der Waals surface area (Å²) in [5, 5.41) is 5.05. The van der Waals surface area contributed by atoms with Crippen LogP contribution in [0.25, 0.3) is 10.9 Å². The van der Waals surface area contributed by atoms with E-state index in [0.29, 0.717) is 0 Å². The lowest BCUT2D eigenvalue weighted by Gasteiger charge is -2.10. The van der Waals surface area contributed by atoms with Crippen LogP contribution in [0.2, 0.25) is 0 Å². The number of halogens is 1. The Morgan fingerprint density at radius 2 is 1.94 bits per heavy atom. The van der Waals surface area contributed by atoms with Crippen LogP contribution in [-0.2, 0) is 6.42 Å². The van der Waals surface area contributed by atoms with Crippen LogP contribution in [0.15, 0.2) is 30.5 Å². The van der Waals surface area contributed by atoms with Crippen molar-refractivity contribution in [2.75, 3.05) is 6.54 Å². The van der Waals surface area contributed by atoms with Crippen LogP contribution in [0, 0.1) is 0 Å². The molecule has 1 fully saturated rings. The predicted octanol–water partition coefficient (Wildman–Crippen LogP) is 3.66. The van der Waals surface area contributed by atoms with Gasteiger partial charge in [0.1, 0.15) is 0 Å². The molecule has 3 heteroatoms. The average molecular weight is 265 g/mol. The summed E-state index contributed by atoms with van der Waals surface area (Å²) in [5.41, 5.74) is 2.69. The Kier molecular flexibility index (Phi) is 4.67. The van der Waals surface area contributed by atoms with Gasteiger partial charge >= 0.3 is 0 Å². The molecule has 3 rings (SSSR count). The number of hydrogen-bond acceptors (Lipinski definition) is 1. The number of aromatic amines is 1. The molecular weight excluding hydrogens is 244 g/mol. The fourth-order valence-corrected chi connectivity index (χ4v) is 2.88. The first kappa shape index (κ1) is 13.4. The smallest absolute Gasteiger partial charge is 0.0456 e. The van der Waals surface area contributed by atoms with Gasteiger partial charge in [0.2, 0.25) is 0 Å². The molecule has 0 amide bonds. The van der Waals surface area contributed by atoms with Crippen molar-refractivity contribution >= 4 is 23.3 Å². The second kappa shape index (κ2) is 6.26. The van der Waals surface area contributed by atoms with E-state index in [1.165, 1.54) is 42.1 Å². The van der Waals surface area contributed by atoms with Gasteiger partial charge in [-0.25, -0.2) is 0 Å². The third kappa shape index (κ3) is 2.88. The minimum atomic E-state index is 0. The third-order valence-electron chi connectivity index (χ3n) is 3.86. The maximum Gasteiger partial charge on any atom is 0.0456 e. The Morgan fingerprint density at radius 1 is 1.17 bits per heavy atom. The van der Waals surface area contributed by atoms with E-state index in [9.17, 15) is 0 Å². The maximum atomic E-state index is 3.67. The van der Waals surface area contributed by atoms with Gasteiger partial charge in [0.05, 0.1) is 0 Å². The summed E-state index contributed by atoms with van der Waals surface area (Å²) in [6, 6.07) is 9.32. The number of nitrogens with one attached hydrogen (secondary N) is 2. The van der Waals surface area contributed by atoms with Gasteiger partial charge < -0.3 is 10.3 Å². The lowest BCUT2D eigenvalue weighted by molar-refractivity contribution is 0.528. The summed E-state index contributed by atoms with van der Waals surface area (Å²) >= 11 is 0. The van der Waals surface area contributed by atoms with Crippen LogP contribution in [0.1, 0.15) is 31.2 Å². The Labute approximate surface area is 115 Å².